The summed E-state index contributed by atoms with van der Waals surface area (Å²) >= 11 is 7.22. The van der Waals surface area contributed by atoms with E-state index >= 15 is 0 Å². The third kappa shape index (κ3) is 3.05. The number of thioether (sulfide) groups is 1. The van der Waals surface area contributed by atoms with Gasteiger partial charge in [-0.15, -0.1) is 0 Å². The molecule has 1 aliphatic rings. The Morgan fingerprint density at radius 3 is 2.89 bits per heavy atom. The summed E-state index contributed by atoms with van der Waals surface area (Å²) in [6, 6.07) is 0. The van der Waals surface area contributed by atoms with Crippen molar-refractivity contribution < 1.29 is 9.53 Å². The molecule has 0 saturated carbocycles. The molecule has 0 N–H and O–H groups in total. The normalized spacial score (nSPS) is 14.9. The van der Waals surface area contributed by atoms with Gasteiger partial charge in [-0.3, -0.25) is 4.79 Å². The van der Waals surface area contributed by atoms with Gasteiger partial charge in [-0.2, -0.15) is 0 Å². The van der Waals surface area contributed by atoms with E-state index in [-0.39, 0.29) is 11.1 Å². The lowest BCUT2D eigenvalue weighted by Crippen LogP contribution is -2.29. The Morgan fingerprint density at radius 1 is 1.50 bits per heavy atom. The average Bonchev–Trinajstić information content (AvgIpc) is 2.90. The molecule has 5 nitrogen and oxygen atoms in total. The lowest BCUT2D eigenvalue weighted by Gasteiger charge is -2.15. The maximum atomic E-state index is 11.9. The van der Waals surface area contributed by atoms with E-state index in [1.165, 1.54) is 25.2 Å². The van der Waals surface area contributed by atoms with Crippen molar-refractivity contribution in [3.63, 3.8) is 0 Å². The molecule has 0 spiro atoms. The molecule has 18 heavy (non-hydrogen) atoms. The van der Waals surface area contributed by atoms with E-state index in [2.05, 4.69) is 9.97 Å². The topological polar surface area (TPSA) is 55.3 Å². The monoisotopic (exact) mass is 287 g/mol. The Labute approximate surface area is 115 Å². The van der Waals surface area contributed by atoms with Gasteiger partial charge in [0.05, 0.1) is 12.9 Å². The molecular weight excluding hydrogens is 274 g/mol. The number of carbonyl (C=O) groups is 1. The fourth-order valence-corrected chi connectivity index (χ4v) is 2.94. The predicted octanol–water partition coefficient (Wildman–Crippen LogP) is 1.85. The molecule has 0 radical (unpaired) electrons. The van der Waals surface area contributed by atoms with Crippen molar-refractivity contribution in [2.75, 3.05) is 26.0 Å². The van der Waals surface area contributed by atoms with Crippen LogP contribution in [0.25, 0.3) is 0 Å². The lowest BCUT2D eigenvalue weighted by molar-refractivity contribution is -0.127. The van der Waals surface area contributed by atoms with E-state index in [9.17, 15) is 4.79 Å². The van der Waals surface area contributed by atoms with Crippen LogP contribution in [0.3, 0.4) is 0 Å². The molecule has 0 aliphatic carbocycles. The number of methoxy groups -OCH3 is 1. The number of likely N-dealkylation sites (tertiary alicyclic amines) is 1. The van der Waals surface area contributed by atoms with Crippen molar-refractivity contribution in [1.82, 2.24) is 14.9 Å². The first kappa shape index (κ1) is 13.4. The van der Waals surface area contributed by atoms with Gasteiger partial charge in [0.1, 0.15) is 11.4 Å². The quantitative estimate of drug-likeness (QED) is 0.625. The molecule has 1 saturated heterocycles. The van der Waals surface area contributed by atoms with E-state index in [1.807, 2.05) is 4.90 Å². The van der Waals surface area contributed by atoms with Crippen molar-refractivity contribution in [2.24, 2.45) is 0 Å². The number of hydrogen-bond acceptors (Lipinski definition) is 5. The summed E-state index contributed by atoms with van der Waals surface area (Å²) < 4.78 is 5.13. The summed E-state index contributed by atoms with van der Waals surface area (Å²) in [4.78, 5) is 21.7. The summed E-state index contributed by atoms with van der Waals surface area (Å²) in [7, 11) is 1.51. The van der Waals surface area contributed by atoms with Crippen LogP contribution in [0.2, 0.25) is 5.15 Å². The van der Waals surface area contributed by atoms with Gasteiger partial charge in [-0.05, 0) is 12.8 Å². The number of rotatable bonds is 4. The van der Waals surface area contributed by atoms with Crippen molar-refractivity contribution in [1.29, 1.82) is 0 Å². The van der Waals surface area contributed by atoms with Crippen molar-refractivity contribution >= 4 is 29.3 Å². The van der Waals surface area contributed by atoms with Crippen LogP contribution in [0.15, 0.2) is 11.4 Å². The molecule has 2 rings (SSSR count). The summed E-state index contributed by atoms with van der Waals surface area (Å²) in [6.07, 6.45) is 3.56. The van der Waals surface area contributed by atoms with Gasteiger partial charge in [-0.1, -0.05) is 23.4 Å². The molecule has 2 heterocycles. The summed E-state index contributed by atoms with van der Waals surface area (Å²) in [5, 5.41) is 0.869. The number of aromatic nitrogens is 2. The van der Waals surface area contributed by atoms with Gasteiger partial charge in [0.25, 0.3) is 0 Å². The highest BCUT2D eigenvalue weighted by Gasteiger charge is 2.19. The van der Waals surface area contributed by atoms with E-state index in [1.54, 1.807) is 0 Å². The molecule has 1 aliphatic heterocycles. The molecule has 0 bridgehead atoms. The molecule has 1 aromatic heterocycles. The van der Waals surface area contributed by atoms with E-state index in [4.69, 9.17) is 16.3 Å². The Morgan fingerprint density at radius 2 is 2.22 bits per heavy atom. The third-order valence-electron chi connectivity index (χ3n) is 2.72. The molecule has 0 atom stereocenters. The van der Waals surface area contributed by atoms with Crippen LogP contribution in [0.4, 0.5) is 0 Å². The minimum atomic E-state index is 0.134. The fraction of sp³-hybridized carbons (Fsp3) is 0.545. The summed E-state index contributed by atoms with van der Waals surface area (Å²) in [5.74, 6) is 0.914. The van der Waals surface area contributed by atoms with Gasteiger partial charge in [-0.25, -0.2) is 9.97 Å². The average molecular weight is 288 g/mol. The molecule has 0 unspecified atom stereocenters. The van der Waals surface area contributed by atoms with Crippen LogP contribution in [-0.2, 0) is 4.79 Å². The Balaban J connectivity index is 1.97. The maximum absolute atomic E-state index is 11.9. The van der Waals surface area contributed by atoms with Gasteiger partial charge in [0.15, 0.2) is 10.9 Å². The van der Waals surface area contributed by atoms with Crippen LogP contribution >= 0.6 is 23.4 Å². The molecule has 1 fully saturated rings. The van der Waals surface area contributed by atoms with Crippen molar-refractivity contribution in [3.8, 4) is 5.75 Å². The Bertz CT molecular complexity index is 438. The highest BCUT2D eigenvalue weighted by atomic mass is 35.5. The van der Waals surface area contributed by atoms with Gasteiger partial charge in [0.2, 0.25) is 5.91 Å². The van der Waals surface area contributed by atoms with Gasteiger partial charge >= 0.3 is 0 Å². The largest absolute Gasteiger partial charge is 0.491 e. The lowest BCUT2D eigenvalue weighted by atomic mass is 10.4. The molecular formula is C11H14ClN3O2S. The number of halogens is 1. The highest BCUT2D eigenvalue weighted by molar-refractivity contribution is 8.00. The van der Waals surface area contributed by atoms with Gasteiger partial charge in [0, 0.05) is 13.1 Å². The first-order valence-electron chi connectivity index (χ1n) is 5.67. The summed E-state index contributed by atoms with van der Waals surface area (Å²) in [5.41, 5.74) is 0. The number of amides is 1. The molecule has 7 heteroatoms. The van der Waals surface area contributed by atoms with E-state index < -0.39 is 0 Å². The SMILES string of the molecule is COc1c(Cl)ncnc1SCC(=O)N1CCCC1. The first-order valence-corrected chi connectivity index (χ1v) is 7.04. The summed E-state index contributed by atoms with van der Waals surface area (Å²) in [6.45, 7) is 1.72. The van der Waals surface area contributed by atoms with Crippen molar-refractivity contribution in [2.45, 2.75) is 17.9 Å². The third-order valence-corrected chi connectivity index (χ3v) is 3.95. The van der Waals surface area contributed by atoms with Crippen LogP contribution < -0.4 is 4.74 Å². The Kier molecular flexibility index (Phi) is 4.66. The van der Waals surface area contributed by atoms with Gasteiger partial charge < -0.3 is 9.64 Å². The van der Waals surface area contributed by atoms with Crippen LogP contribution in [-0.4, -0.2) is 46.7 Å². The number of ether oxygens (including phenoxy) is 1. The van der Waals surface area contributed by atoms with E-state index in [0.717, 1.165) is 25.9 Å². The maximum Gasteiger partial charge on any atom is 0.232 e. The fourth-order valence-electron chi connectivity index (χ4n) is 1.80. The van der Waals surface area contributed by atoms with Crippen molar-refractivity contribution in [3.05, 3.63) is 11.5 Å². The minimum absolute atomic E-state index is 0.134. The second-order valence-electron chi connectivity index (χ2n) is 3.88. The van der Waals surface area contributed by atoms with Crippen LogP contribution in [0, 0.1) is 0 Å². The standard InChI is InChI=1S/C11H14ClN3O2S/c1-17-9-10(12)13-7-14-11(9)18-6-8(16)15-4-2-3-5-15/h7H,2-6H2,1H3. The second-order valence-corrected chi connectivity index (χ2v) is 5.20. The molecule has 1 aromatic rings. The van der Waals surface area contributed by atoms with E-state index in [0.29, 0.717) is 16.5 Å². The molecule has 98 valence electrons. The highest BCUT2D eigenvalue weighted by Crippen LogP contribution is 2.32. The zero-order valence-electron chi connectivity index (χ0n) is 10.1. The Hall–Kier alpha value is -1.01. The predicted molar refractivity (Wildman–Crippen MR) is 70.1 cm³/mol. The van der Waals surface area contributed by atoms with Crippen LogP contribution in [0.1, 0.15) is 12.8 Å². The number of nitrogens with zero attached hydrogens (tertiary/aromatic N) is 3. The zero-order valence-corrected chi connectivity index (χ0v) is 11.6. The first-order chi connectivity index (χ1) is 8.72. The number of carbonyl (C=O) groups excluding carboxylic acids is 1. The number of hydrogen-bond donors (Lipinski definition) is 0. The smallest absolute Gasteiger partial charge is 0.232 e. The zero-order chi connectivity index (χ0) is 13.0. The molecule has 0 aromatic carbocycles. The second kappa shape index (κ2) is 6.24. The van der Waals surface area contributed by atoms with Crippen LogP contribution in [0.5, 0.6) is 5.75 Å². The molecule has 1 amide bonds. The minimum Gasteiger partial charge on any atom is -0.491 e.